The maximum Gasteiger partial charge on any atom is 0.410 e. The van der Waals surface area contributed by atoms with E-state index in [-0.39, 0.29) is 18.5 Å². The lowest BCUT2D eigenvalue weighted by molar-refractivity contribution is -0.117. The van der Waals surface area contributed by atoms with Crippen LogP contribution in [0.3, 0.4) is 0 Å². The third-order valence-electron chi connectivity index (χ3n) is 3.79. The minimum atomic E-state index is -0.496. The molecule has 2 heterocycles. The van der Waals surface area contributed by atoms with Gasteiger partial charge in [0.05, 0.1) is 6.54 Å². The number of rotatable bonds is 3. The van der Waals surface area contributed by atoms with Crippen molar-refractivity contribution < 1.29 is 14.3 Å². The number of nitrogens with one attached hydrogen (secondary N) is 1. The monoisotopic (exact) mass is 348 g/mol. The Morgan fingerprint density at radius 1 is 1.24 bits per heavy atom. The summed E-state index contributed by atoms with van der Waals surface area (Å²) >= 11 is 0. The Labute approximate surface area is 149 Å². The second kappa shape index (κ2) is 8.29. The molecule has 0 unspecified atom stereocenters. The lowest BCUT2D eigenvalue weighted by Gasteiger charge is -2.26. The summed E-state index contributed by atoms with van der Waals surface area (Å²) in [6, 6.07) is 3.72. The molecule has 1 aromatic rings. The summed E-state index contributed by atoms with van der Waals surface area (Å²) in [6.45, 7) is 10.4. The fraction of sp³-hybridized carbons (Fsp3) is 0.611. The van der Waals surface area contributed by atoms with Crippen molar-refractivity contribution in [2.75, 3.05) is 38.0 Å². The average molecular weight is 348 g/mol. The number of hydrogen-bond acceptors (Lipinski definition) is 5. The van der Waals surface area contributed by atoms with E-state index in [0.29, 0.717) is 25.5 Å². The van der Waals surface area contributed by atoms with Gasteiger partial charge in [0.1, 0.15) is 11.4 Å². The van der Waals surface area contributed by atoms with Crippen LogP contribution in [-0.4, -0.2) is 65.1 Å². The number of amides is 2. The molecule has 7 nitrogen and oxygen atoms in total. The van der Waals surface area contributed by atoms with Gasteiger partial charge in [0.15, 0.2) is 0 Å². The molecule has 2 amide bonds. The predicted molar refractivity (Wildman–Crippen MR) is 96.5 cm³/mol. The number of pyridine rings is 1. The van der Waals surface area contributed by atoms with Gasteiger partial charge in [-0.25, -0.2) is 9.78 Å². The second-order valence-corrected chi connectivity index (χ2v) is 7.36. The summed E-state index contributed by atoms with van der Waals surface area (Å²) in [4.78, 5) is 32.3. The Morgan fingerprint density at radius 2 is 2.00 bits per heavy atom. The molecular formula is C18H28N4O3. The van der Waals surface area contributed by atoms with Crippen molar-refractivity contribution in [2.45, 2.75) is 39.7 Å². The molecule has 0 radical (unpaired) electrons. The van der Waals surface area contributed by atoms with Gasteiger partial charge in [0.2, 0.25) is 5.91 Å². The van der Waals surface area contributed by atoms with Crippen LogP contribution in [-0.2, 0) is 9.53 Å². The van der Waals surface area contributed by atoms with Gasteiger partial charge in [-0.2, -0.15) is 0 Å². The van der Waals surface area contributed by atoms with Crippen LogP contribution in [0.2, 0.25) is 0 Å². The highest BCUT2D eigenvalue weighted by Gasteiger charge is 2.25. The molecule has 0 bridgehead atoms. The number of ether oxygens (including phenoxy) is 1. The first kappa shape index (κ1) is 19.2. The van der Waals surface area contributed by atoms with Crippen LogP contribution in [0.5, 0.6) is 0 Å². The van der Waals surface area contributed by atoms with Crippen molar-refractivity contribution in [3.8, 4) is 0 Å². The molecule has 1 fully saturated rings. The van der Waals surface area contributed by atoms with Crippen LogP contribution in [0.1, 0.15) is 32.8 Å². The molecule has 0 saturated carbocycles. The number of anilines is 1. The van der Waals surface area contributed by atoms with Gasteiger partial charge in [-0.15, -0.1) is 0 Å². The Kier molecular flexibility index (Phi) is 6.36. The molecule has 1 aromatic heterocycles. The summed E-state index contributed by atoms with van der Waals surface area (Å²) < 4.78 is 5.42. The highest BCUT2D eigenvalue weighted by atomic mass is 16.6. The zero-order chi connectivity index (χ0) is 18.4. The van der Waals surface area contributed by atoms with Crippen molar-refractivity contribution in [3.05, 3.63) is 23.9 Å². The predicted octanol–water partition coefficient (Wildman–Crippen LogP) is 2.27. The maximum atomic E-state index is 12.2. The topological polar surface area (TPSA) is 74.8 Å². The van der Waals surface area contributed by atoms with Gasteiger partial charge in [0.25, 0.3) is 0 Å². The first-order valence-corrected chi connectivity index (χ1v) is 8.66. The molecule has 7 heteroatoms. The first-order chi connectivity index (χ1) is 11.7. The number of hydrogen-bond donors (Lipinski definition) is 1. The van der Waals surface area contributed by atoms with Crippen molar-refractivity contribution in [2.24, 2.45) is 0 Å². The molecular weight excluding hydrogens is 320 g/mol. The summed E-state index contributed by atoms with van der Waals surface area (Å²) in [5, 5.41) is 2.82. The van der Waals surface area contributed by atoms with E-state index >= 15 is 0 Å². The van der Waals surface area contributed by atoms with Crippen molar-refractivity contribution >= 4 is 17.8 Å². The van der Waals surface area contributed by atoms with Gasteiger partial charge in [-0.1, -0.05) is 0 Å². The molecule has 25 heavy (non-hydrogen) atoms. The van der Waals surface area contributed by atoms with Crippen molar-refractivity contribution in [1.82, 2.24) is 14.8 Å². The molecule has 0 aromatic carbocycles. The van der Waals surface area contributed by atoms with Gasteiger partial charge < -0.3 is 15.0 Å². The van der Waals surface area contributed by atoms with Gasteiger partial charge in [0, 0.05) is 32.4 Å². The summed E-state index contributed by atoms with van der Waals surface area (Å²) in [7, 11) is 0. The molecule has 1 aliphatic heterocycles. The molecule has 1 N–H and O–H groups in total. The molecule has 0 atom stereocenters. The Hall–Kier alpha value is -2.15. The van der Waals surface area contributed by atoms with E-state index < -0.39 is 5.60 Å². The van der Waals surface area contributed by atoms with E-state index in [1.165, 1.54) is 0 Å². The fourth-order valence-electron chi connectivity index (χ4n) is 2.63. The van der Waals surface area contributed by atoms with Crippen LogP contribution < -0.4 is 5.32 Å². The van der Waals surface area contributed by atoms with Crippen molar-refractivity contribution in [3.63, 3.8) is 0 Å². The van der Waals surface area contributed by atoms with Crippen LogP contribution >= 0.6 is 0 Å². The largest absolute Gasteiger partial charge is 0.444 e. The Morgan fingerprint density at radius 3 is 2.68 bits per heavy atom. The van der Waals surface area contributed by atoms with Gasteiger partial charge in [-0.05, 0) is 51.8 Å². The number of aryl methyl sites for hydroxylation is 1. The lowest BCUT2D eigenvalue weighted by Crippen LogP contribution is -2.40. The smallest absolute Gasteiger partial charge is 0.410 e. The number of carbonyl (C=O) groups excluding carboxylic acids is 2. The normalized spacial score (nSPS) is 16.2. The fourth-order valence-corrected chi connectivity index (χ4v) is 2.63. The third-order valence-corrected chi connectivity index (χ3v) is 3.79. The summed E-state index contributed by atoms with van der Waals surface area (Å²) in [5.41, 5.74) is 0.553. The van der Waals surface area contributed by atoms with Gasteiger partial charge >= 0.3 is 6.09 Å². The highest BCUT2D eigenvalue weighted by molar-refractivity contribution is 5.91. The minimum absolute atomic E-state index is 0.0937. The molecule has 138 valence electrons. The van der Waals surface area contributed by atoms with E-state index in [0.717, 1.165) is 18.5 Å². The maximum absolute atomic E-state index is 12.2. The second-order valence-electron chi connectivity index (χ2n) is 7.36. The minimum Gasteiger partial charge on any atom is -0.444 e. The van der Waals surface area contributed by atoms with Crippen LogP contribution in [0, 0.1) is 6.92 Å². The Balaban J connectivity index is 1.82. The number of nitrogens with zero attached hydrogens (tertiary/aromatic N) is 3. The average Bonchev–Trinajstić information content (AvgIpc) is 2.71. The van der Waals surface area contributed by atoms with Crippen LogP contribution in [0.4, 0.5) is 10.6 Å². The summed E-state index contributed by atoms with van der Waals surface area (Å²) in [5.74, 6) is 0.471. The standard InChI is InChI=1S/C18H28N4O3/c1-14-6-7-19-15(12-14)20-16(23)13-21-8-5-9-22(11-10-21)17(24)25-18(2,3)4/h6-7,12H,5,8-11,13H2,1-4H3,(H,19,20,23). The molecule has 2 rings (SSSR count). The molecule has 1 saturated heterocycles. The zero-order valence-electron chi connectivity index (χ0n) is 15.5. The van der Waals surface area contributed by atoms with E-state index in [1.807, 2.05) is 39.8 Å². The van der Waals surface area contributed by atoms with E-state index in [4.69, 9.17) is 4.74 Å². The highest BCUT2D eigenvalue weighted by Crippen LogP contribution is 2.12. The van der Waals surface area contributed by atoms with Gasteiger partial charge in [-0.3, -0.25) is 9.69 Å². The van der Waals surface area contributed by atoms with Crippen molar-refractivity contribution in [1.29, 1.82) is 0 Å². The molecule has 0 aliphatic carbocycles. The van der Waals surface area contributed by atoms with E-state index in [2.05, 4.69) is 15.2 Å². The third kappa shape index (κ3) is 6.70. The number of carbonyl (C=O) groups is 2. The summed E-state index contributed by atoms with van der Waals surface area (Å²) in [6.07, 6.45) is 2.20. The Bertz CT molecular complexity index is 613. The van der Waals surface area contributed by atoms with E-state index in [9.17, 15) is 9.59 Å². The van der Waals surface area contributed by atoms with E-state index in [1.54, 1.807) is 11.1 Å². The molecule has 0 spiro atoms. The number of aromatic nitrogens is 1. The SMILES string of the molecule is Cc1ccnc(NC(=O)CN2CCCN(C(=O)OC(C)(C)C)CC2)c1. The first-order valence-electron chi connectivity index (χ1n) is 8.66. The van der Waals surface area contributed by atoms with Crippen LogP contribution in [0.25, 0.3) is 0 Å². The lowest BCUT2D eigenvalue weighted by atomic mass is 10.2. The quantitative estimate of drug-likeness (QED) is 0.907. The van der Waals surface area contributed by atoms with Crippen LogP contribution in [0.15, 0.2) is 18.3 Å². The zero-order valence-corrected chi connectivity index (χ0v) is 15.5. The molecule has 1 aliphatic rings.